The molecule has 0 N–H and O–H groups in total. The largest absolute Gasteiger partial charge is 0.386 e. The molecule has 0 unspecified atom stereocenters. The van der Waals surface area contributed by atoms with E-state index in [1.807, 2.05) is 13.8 Å². The maximum atomic E-state index is 11.3. The van der Waals surface area contributed by atoms with Gasteiger partial charge in [0.25, 0.3) is 0 Å². The van der Waals surface area contributed by atoms with Gasteiger partial charge in [0.2, 0.25) is 0 Å². The zero-order valence-corrected chi connectivity index (χ0v) is 8.71. The minimum absolute atomic E-state index is 0.544. The van der Waals surface area contributed by atoms with Gasteiger partial charge >= 0.3 is 11.9 Å². The molecule has 3 nitrogen and oxygen atoms in total. The molecule has 0 rings (SSSR count). The third-order valence-electron chi connectivity index (χ3n) is 1.68. The second kappa shape index (κ2) is 7.06. The fourth-order valence-electron chi connectivity index (χ4n) is 0.889. The van der Waals surface area contributed by atoms with Gasteiger partial charge in [0.05, 0.1) is 0 Å². The van der Waals surface area contributed by atoms with Crippen LogP contribution < -0.4 is 0 Å². The summed E-state index contributed by atoms with van der Waals surface area (Å²) in [7, 11) is 0. The minimum atomic E-state index is -0.703. The van der Waals surface area contributed by atoms with Crippen molar-refractivity contribution in [2.45, 2.75) is 33.1 Å². The molecule has 3 heteroatoms. The van der Waals surface area contributed by atoms with Crippen LogP contribution >= 0.6 is 0 Å². The van der Waals surface area contributed by atoms with Gasteiger partial charge in [-0.15, -0.1) is 0 Å². The van der Waals surface area contributed by atoms with Gasteiger partial charge in [0.15, 0.2) is 0 Å². The summed E-state index contributed by atoms with van der Waals surface area (Å²) >= 11 is 0. The Morgan fingerprint density at radius 1 is 1.36 bits per heavy atom. The highest BCUT2D eigenvalue weighted by Gasteiger charge is 2.11. The van der Waals surface area contributed by atoms with Crippen molar-refractivity contribution in [3.63, 3.8) is 0 Å². The van der Waals surface area contributed by atoms with Crippen molar-refractivity contribution < 1.29 is 14.3 Å². The molecule has 0 aromatic rings. The van der Waals surface area contributed by atoms with Crippen LogP contribution in [-0.2, 0) is 14.3 Å². The van der Waals surface area contributed by atoms with Crippen LogP contribution in [-0.4, -0.2) is 11.9 Å². The summed E-state index contributed by atoms with van der Waals surface area (Å²) in [4.78, 5) is 22.0. The van der Waals surface area contributed by atoms with Crippen LogP contribution in [0.4, 0.5) is 0 Å². The Labute approximate surface area is 84.4 Å². The van der Waals surface area contributed by atoms with Gasteiger partial charge in [0.1, 0.15) is 0 Å². The number of carbonyl (C=O) groups excluding carboxylic acids is 2. The first-order valence-corrected chi connectivity index (χ1v) is 4.73. The molecule has 0 saturated carbocycles. The Balaban J connectivity index is 4.31. The summed E-state index contributed by atoms with van der Waals surface area (Å²) in [6.45, 7) is 7.08. The van der Waals surface area contributed by atoms with Crippen molar-refractivity contribution in [1.29, 1.82) is 0 Å². The van der Waals surface area contributed by atoms with Crippen LogP contribution in [0.3, 0.4) is 0 Å². The highest BCUT2D eigenvalue weighted by Crippen LogP contribution is 2.06. The molecule has 0 aliphatic carbocycles. The number of ether oxygens (including phenoxy) is 1. The van der Waals surface area contributed by atoms with Crippen molar-refractivity contribution in [3.8, 4) is 0 Å². The van der Waals surface area contributed by atoms with Crippen molar-refractivity contribution in [3.05, 3.63) is 24.3 Å². The summed E-state index contributed by atoms with van der Waals surface area (Å²) in [6, 6.07) is 0. The number of hydrogen-bond acceptors (Lipinski definition) is 3. The SMILES string of the molecule is C=CC(=O)OC(=O)C(=CCCC)CC. The highest BCUT2D eigenvalue weighted by molar-refractivity contribution is 5.99. The van der Waals surface area contributed by atoms with Gasteiger partial charge in [-0.2, -0.15) is 0 Å². The Kier molecular flexibility index (Phi) is 6.37. The first kappa shape index (κ1) is 12.6. The zero-order valence-electron chi connectivity index (χ0n) is 8.71. The van der Waals surface area contributed by atoms with Crippen molar-refractivity contribution >= 4 is 11.9 Å². The number of carbonyl (C=O) groups is 2. The van der Waals surface area contributed by atoms with E-state index in [9.17, 15) is 9.59 Å². The predicted molar refractivity (Wildman–Crippen MR) is 54.6 cm³/mol. The van der Waals surface area contributed by atoms with Gasteiger partial charge in [-0.05, 0) is 12.8 Å². The lowest BCUT2D eigenvalue weighted by atomic mass is 10.1. The molecular weight excluding hydrogens is 180 g/mol. The molecular formula is C11H16O3. The summed E-state index contributed by atoms with van der Waals surface area (Å²) in [5.41, 5.74) is 0.544. The predicted octanol–water partition coefficient (Wildman–Crippen LogP) is 2.38. The molecule has 0 spiro atoms. The molecule has 0 radical (unpaired) electrons. The topological polar surface area (TPSA) is 43.4 Å². The average Bonchev–Trinajstić information content (AvgIpc) is 2.18. The number of hydrogen-bond donors (Lipinski definition) is 0. The van der Waals surface area contributed by atoms with Gasteiger partial charge in [0, 0.05) is 11.6 Å². The maximum absolute atomic E-state index is 11.3. The molecule has 14 heavy (non-hydrogen) atoms. The van der Waals surface area contributed by atoms with Crippen LogP contribution in [0.15, 0.2) is 24.3 Å². The molecule has 0 fully saturated rings. The van der Waals surface area contributed by atoms with Gasteiger partial charge < -0.3 is 4.74 Å². The lowest BCUT2D eigenvalue weighted by molar-refractivity contribution is -0.153. The van der Waals surface area contributed by atoms with Gasteiger partial charge in [-0.1, -0.05) is 32.9 Å². The van der Waals surface area contributed by atoms with E-state index in [0.717, 1.165) is 18.9 Å². The van der Waals surface area contributed by atoms with E-state index in [-0.39, 0.29) is 0 Å². The van der Waals surface area contributed by atoms with Crippen LogP contribution in [0.25, 0.3) is 0 Å². The van der Waals surface area contributed by atoms with E-state index in [2.05, 4.69) is 11.3 Å². The summed E-state index contributed by atoms with van der Waals surface area (Å²) < 4.78 is 4.49. The highest BCUT2D eigenvalue weighted by atomic mass is 16.6. The number of allylic oxidation sites excluding steroid dienone is 1. The molecule has 0 aliphatic heterocycles. The number of esters is 2. The van der Waals surface area contributed by atoms with E-state index in [4.69, 9.17) is 0 Å². The second-order valence-electron chi connectivity index (χ2n) is 2.78. The molecule has 0 atom stereocenters. The maximum Gasteiger partial charge on any atom is 0.341 e. The quantitative estimate of drug-likeness (QED) is 0.385. The monoisotopic (exact) mass is 196 g/mol. The van der Waals surface area contributed by atoms with E-state index < -0.39 is 11.9 Å². The van der Waals surface area contributed by atoms with Gasteiger partial charge in [-0.3, -0.25) is 0 Å². The summed E-state index contributed by atoms with van der Waals surface area (Å²) in [5, 5.41) is 0. The molecule has 0 heterocycles. The Bertz CT molecular complexity index is 251. The molecule has 0 aromatic heterocycles. The third-order valence-corrected chi connectivity index (χ3v) is 1.68. The zero-order chi connectivity index (χ0) is 11.0. The van der Waals surface area contributed by atoms with Crippen LogP contribution in [0, 0.1) is 0 Å². The van der Waals surface area contributed by atoms with Gasteiger partial charge in [-0.25, -0.2) is 9.59 Å². The lowest BCUT2D eigenvalue weighted by Crippen LogP contribution is -2.11. The van der Waals surface area contributed by atoms with Crippen LogP contribution in [0.2, 0.25) is 0 Å². The first-order chi connectivity index (χ1) is 6.65. The van der Waals surface area contributed by atoms with Crippen molar-refractivity contribution in [2.75, 3.05) is 0 Å². The van der Waals surface area contributed by atoms with E-state index in [1.165, 1.54) is 0 Å². The fourth-order valence-corrected chi connectivity index (χ4v) is 0.889. The molecule has 0 aromatic carbocycles. The smallest absolute Gasteiger partial charge is 0.341 e. The second-order valence-corrected chi connectivity index (χ2v) is 2.78. The fraction of sp³-hybridized carbons (Fsp3) is 0.455. The molecule has 0 saturated heterocycles. The number of rotatable bonds is 5. The van der Waals surface area contributed by atoms with Crippen LogP contribution in [0.1, 0.15) is 33.1 Å². The Hall–Kier alpha value is -1.38. The number of unbranched alkanes of at least 4 members (excludes halogenated alkanes) is 1. The Morgan fingerprint density at radius 2 is 2.00 bits per heavy atom. The van der Waals surface area contributed by atoms with Crippen LogP contribution in [0.5, 0.6) is 0 Å². The molecule has 0 bridgehead atoms. The summed E-state index contributed by atoms with van der Waals surface area (Å²) in [5.74, 6) is -1.27. The summed E-state index contributed by atoms with van der Waals surface area (Å²) in [6.07, 6.45) is 5.14. The van der Waals surface area contributed by atoms with Crippen molar-refractivity contribution in [2.24, 2.45) is 0 Å². The normalized spacial score (nSPS) is 10.9. The van der Waals surface area contributed by atoms with Crippen molar-refractivity contribution in [1.82, 2.24) is 0 Å². The third kappa shape index (κ3) is 4.60. The lowest BCUT2D eigenvalue weighted by Gasteiger charge is -2.02. The van der Waals surface area contributed by atoms with E-state index >= 15 is 0 Å². The standard InChI is InChI=1S/C11H16O3/c1-4-7-8-9(5-2)11(13)14-10(12)6-3/h6,8H,3-5,7H2,1-2H3. The molecule has 0 aliphatic rings. The first-order valence-electron chi connectivity index (χ1n) is 4.73. The van der Waals surface area contributed by atoms with E-state index in [0.29, 0.717) is 12.0 Å². The molecule has 0 amide bonds. The Morgan fingerprint density at radius 3 is 2.43 bits per heavy atom. The average molecular weight is 196 g/mol. The minimum Gasteiger partial charge on any atom is -0.386 e. The molecule has 78 valence electrons. The van der Waals surface area contributed by atoms with E-state index in [1.54, 1.807) is 6.08 Å².